The third-order valence-corrected chi connectivity index (χ3v) is 4.69. The van der Waals surface area contributed by atoms with Crippen molar-refractivity contribution in [2.75, 3.05) is 19.6 Å². The van der Waals surface area contributed by atoms with Crippen molar-refractivity contribution >= 4 is 22.7 Å². The van der Waals surface area contributed by atoms with Crippen LogP contribution in [0.15, 0.2) is 52.9 Å². The fraction of sp³-hybridized carbons (Fsp3) is 0.150. The van der Waals surface area contributed by atoms with Gasteiger partial charge in [0.2, 0.25) is 0 Å². The summed E-state index contributed by atoms with van der Waals surface area (Å²) in [5, 5.41) is 16.1. The normalized spacial score (nSPS) is 11.0. The lowest BCUT2D eigenvalue weighted by molar-refractivity contribution is 0.355. The minimum absolute atomic E-state index is 0.229. The number of benzene rings is 2. The largest absolute Gasteiger partial charge is 0.493 e. The summed E-state index contributed by atoms with van der Waals surface area (Å²) in [6, 6.07) is 15.4. The fourth-order valence-electron chi connectivity index (χ4n) is 2.38. The molecule has 1 heterocycles. The molecule has 0 unspecified atom stereocenters. The second-order valence-corrected chi connectivity index (χ2v) is 6.52. The van der Waals surface area contributed by atoms with Gasteiger partial charge in [-0.25, -0.2) is 4.98 Å². The standard InChI is InChI=1S/C20H18N4O2S/c1-13-4-7-15(8-5-13)23-24-16(11-21)20-22-17(12-27-20)14-6-9-18(25-2)19(10-14)26-3/h4-10,12,23H,1-3H3/b24-16-. The van der Waals surface area contributed by atoms with Crippen LogP contribution < -0.4 is 14.9 Å². The highest BCUT2D eigenvalue weighted by atomic mass is 32.1. The second kappa shape index (κ2) is 8.34. The monoisotopic (exact) mass is 378 g/mol. The molecule has 0 radical (unpaired) electrons. The van der Waals surface area contributed by atoms with Crippen LogP contribution in [0.2, 0.25) is 0 Å². The Labute approximate surface area is 161 Å². The van der Waals surface area contributed by atoms with E-state index in [-0.39, 0.29) is 5.71 Å². The summed E-state index contributed by atoms with van der Waals surface area (Å²) in [4.78, 5) is 4.54. The highest BCUT2D eigenvalue weighted by Gasteiger charge is 2.12. The van der Waals surface area contributed by atoms with E-state index in [0.29, 0.717) is 16.5 Å². The Morgan fingerprint density at radius 2 is 1.85 bits per heavy atom. The Bertz CT molecular complexity index is 1000. The third kappa shape index (κ3) is 4.25. The zero-order chi connectivity index (χ0) is 19.2. The van der Waals surface area contributed by atoms with Gasteiger partial charge in [0.15, 0.2) is 22.2 Å². The smallest absolute Gasteiger partial charge is 0.196 e. The Kier molecular flexibility index (Phi) is 5.69. The number of hydrogen-bond acceptors (Lipinski definition) is 7. The van der Waals surface area contributed by atoms with E-state index < -0.39 is 0 Å². The molecule has 136 valence electrons. The molecule has 0 aliphatic carbocycles. The van der Waals surface area contributed by atoms with Crippen LogP contribution in [0.3, 0.4) is 0 Å². The first kappa shape index (κ1) is 18.4. The van der Waals surface area contributed by atoms with E-state index in [1.54, 1.807) is 14.2 Å². The molecule has 0 saturated carbocycles. The van der Waals surface area contributed by atoms with Gasteiger partial charge in [-0.15, -0.1) is 11.3 Å². The van der Waals surface area contributed by atoms with E-state index in [9.17, 15) is 5.26 Å². The topological polar surface area (TPSA) is 79.5 Å². The highest BCUT2D eigenvalue weighted by Crippen LogP contribution is 2.32. The van der Waals surface area contributed by atoms with Crippen molar-refractivity contribution in [3.63, 3.8) is 0 Å². The Hall–Kier alpha value is -3.37. The van der Waals surface area contributed by atoms with Gasteiger partial charge < -0.3 is 9.47 Å². The molecule has 0 amide bonds. The lowest BCUT2D eigenvalue weighted by atomic mass is 10.1. The first-order valence-electron chi connectivity index (χ1n) is 8.13. The number of hydrazone groups is 1. The van der Waals surface area contributed by atoms with Crippen molar-refractivity contribution in [1.29, 1.82) is 5.26 Å². The van der Waals surface area contributed by atoms with Gasteiger partial charge in [-0.1, -0.05) is 17.7 Å². The van der Waals surface area contributed by atoms with Crippen LogP contribution in [0.25, 0.3) is 11.3 Å². The maximum Gasteiger partial charge on any atom is 0.196 e. The van der Waals surface area contributed by atoms with Crippen molar-refractivity contribution in [2.24, 2.45) is 5.10 Å². The van der Waals surface area contributed by atoms with Crippen molar-refractivity contribution < 1.29 is 9.47 Å². The number of nitriles is 1. The molecule has 3 rings (SSSR count). The molecule has 0 fully saturated rings. The van der Waals surface area contributed by atoms with Crippen LogP contribution in [0.4, 0.5) is 5.69 Å². The lowest BCUT2D eigenvalue weighted by Gasteiger charge is -2.08. The molecule has 6 nitrogen and oxygen atoms in total. The molecule has 0 atom stereocenters. The first-order valence-corrected chi connectivity index (χ1v) is 9.01. The summed E-state index contributed by atoms with van der Waals surface area (Å²) in [6.45, 7) is 2.01. The molecule has 0 aliphatic rings. The van der Waals surface area contributed by atoms with Crippen LogP contribution in [0, 0.1) is 18.3 Å². The maximum atomic E-state index is 9.44. The summed E-state index contributed by atoms with van der Waals surface area (Å²) in [6.07, 6.45) is 0. The van der Waals surface area contributed by atoms with E-state index in [2.05, 4.69) is 21.6 Å². The average molecular weight is 378 g/mol. The van der Waals surface area contributed by atoms with Gasteiger partial charge in [-0.2, -0.15) is 10.4 Å². The van der Waals surface area contributed by atoms with Crippen LogP contribution >= 0.6 is 11.3 Å². The molecule has 1 N–H and O–H groups in total. The zero-order valence-corrected chi connectivity index (χ0v) is 16.0. The van der Waals surface area contributed by atoms with Crippen LogP contribution in [-0.4, -0.2) is 24.9 Å². The van der Waals surface area contributed by atoms with Crippen molar-refractivity contribution in [3.8, 4) is 28.8 Å². The summed E-state index contributed by atoms with van der Waals surface area (Å²) in [5.74, 6) is 1.28. The van der Waals surface area contributed by atoms with Crippen molar-refractivity contribution in [3.05, 3.63) is 58.4 Å². The molecule has 0 aliphatic heterocycles. The average Bonchev–Trinajstić information content (AvgIpc) is 3.19. The van der Waals surface area contributed by atoms with E-state index in [0.717, 1.165) is 22.5 Å². The number of anilines is 1. The second-order valence-electron chi connectivity index (χ2n) is 5.66. The molecule has 0 saturated heterocycles. The number of hydrogen-bond donors (Lipinski definition) is 1. The Balaban J connectivity index is 1.84. The van der Waals surface area contributed by atoms with Crippen molar-refractivity contribution in [1.82, 2.24) is 4.98 Å². The molecule has 7 heteroatoms. The molecule has 0 spiro atoms. The van der Waals surface area contributed by atoms with Gasteiger partial charge >= 0.3 is 0 Å². The number of ether oxygens (including phenoxy) is 2. The van der Waals surface area contributed by atoms with Gasteiger partial charge in [-0.05, 0) is 37.3 Å². The zero-order valence-electron chi connectivity index (χ0n) is 15.2. The lowest BCUT2D eigenvalue weighted by Crippen LogP contribution is -2.01. The van der Waals surface area contributed by atoms with E-state index in [4.69, 9.17) is 9.47 Å². The number of aromatic nitrogens is 1. The van der Waals surface area contributed by atoms with Crippen LogP contribution in [0.5, 0.6) is 11.5 Å². The van der Waals surface area contributed by atoms with Crippen LogP contribution in [-0.2, 0) is 0 Å². The SMILES string of the molecule is COc1ccc(-c2csc(/C(C#N)=N\Nc3ccc(C)cc3)n2)cc1OC. The molecule has 0 bridgehead atoms. The van der Waals surface area contributed by atoms with Crippen molar-refractivity contribution in [2.45, 2.75) is 6.92 Å². The van der Waals surface area contributed by atoms with E-state index in [1.807, 2.05) is 54.8 Å². The van der Waals surface area contributed by atoms with Gasteiger partial charge in [0.25, 0.3) is 0 Å². The summed E-state index contributed by atoms with van der Waals surface area (Å²) in [5.41, 5.74) is 6.71. The summed E-state index contributed by atoms with van der Waals surface area (Å²) in [7, 11) is 3.18. The molecular formula is C20H18N4O2S. The van der Waals surface area contributed by atoms with Gasteiger partial charge in [0, 0.05) is 10.9 Å². The van der Waals surface area contributed by atoms with E-state index >= 15 is 0 Å². The number of aryl methyl sites for hydroxylation is 1. The maximum absolute atomic E-state index is 9.44. The van der Waals surface area contributed by atoms with E-state index in [1.165, 1.54) is 11.3 Å². The fourth-order valence-corrected chi connectivity index (χ4v) is 3.15. The molecule has 1 aromatic heterocycles. The van der Waals surface area contributed by atoms with Gasteiger partial charge in [0.05, 0.1) is 25.6 Å². The molecule has 3 aromatic rings. The Morgan fingerprint density at radius 3 is 2.52 bits per heavy atom. The molecule has 27 heavy (non-hydrogen) atoms. The van der Waals surface area contributed by atoms with Gasteiger partial charge in [0.1, 0.15) is 6.07 Å². The minimum Gasteiger partial charge on any atom is -0.493 e. The van der Waals surface area contributed by atoms with Crippen LogP contribution in [0.1, 0.15) is 10.6 Å². The highest BCUT2D eigenvalue weighted by molar-refractivity contribution is 7.12. The Morgan fingerprint density at radius 1 is 1.11 bits per heavy atom. The minimum atomic E-state index is 0.229. The summed E-state index contributed by atoms with van der Waals surface area (Å²) >= 11 is 1.36. The first-order chi connectivity index (χ1) is 13.1. The predicted octanol–water partition coefficient (Wildman–Crippen LogP) is 4.48. The number of rotatable bonds is 6. The summed E-state index contributed by atoms with van der Waals surface area (Å²) < 4.78 is 10.6. The number of methoxy groups -OCH3 is 2. The predicted molar refractivity (Wildman–Crippen MR) is 108 cm³/mol. The van der Waals surface area contributed by atoms with Gasteiger partial charge in [-0.3, -0.25) is 5.43 Å². The number of nitrogens with one attached hydrogen (secondary N) is 1. The number of thiazole rings is 1. The molecular weight excluding hydrogens is 360 g/mol. The third-order valence-electron chi connectivity index (χ3n) is 3.84. The molecule has 2 aromatic carbocycles. The quantitative estimate of drug-likeness (QED) is 0.505. The number of nitrogens with zero attached hydrogens (tertiary/aromatic N) is 3.